The molecule has 0 amide bonds. The van der Waals surface area contributed by atoms with Crippen LogP contribution >= 0.6 is 0 Å². The molecule has 1 saturated heterocycles. The van der Waals surface area contributed by atoms with Crippen molar-refractivity contribution in [1.29, 1.82) is 0 Å². The van der Waals surface area contributed by atoms with Gasteiger partial charge in [0.25, 0.3) is 0 Å². The molecule has 2 heterocycles. The number of nitrogens with two attached hydrogens (primary N) is 1. The van der Waals surface area contributed by atoms with E-state index in [1.165, 1.54) is 7.11 Å². The van der Waals surface area contributed by atoms with E-state index in [9.17, 15) is 4.79 Å². The monoisotopic (exact) mass is 465 g/mol. The average molecular weight is 466 g/mol. The molecule has 1 aromatic rings. The van der Waals surface area contributed by atoms with E-state index in [1.807, 2.05) is 4.90 Å². The van der Waals surface area contributed by atoms with Crippen molar-refractivity contribution in [2.75, 3.05) is 84.0 Å². The molecule has 0 unspecified atom stereocenters. The van der Waals surface area contributed by atoms with Crippen molar-refractivity contribution in [3.8, 4) is 6.01 Å². The number of nitrogen functional groups attached to an aromatic ring is 1. The maximum absolute atomic E-state index is 11.4. The lowest BCUT2D eigenvalue weighted by Crippen LogP contribution is -2.48. The van der Waals surface area contributed by atoms with Gasteiger partial charge in [-0.1, -0.05) is 13.3 Å². The highest BCUT2D eigenvalue weighted by molar-refractivity contribution is 5.75. The number of methoxy groups -OCH3 is 2. The number of nitrogens with zero attached hydrogens (tertiary/aromatic N) is 6. The molecule has 0 atom stereocenters. The fourth-order valence-corrected chi connectivity index (χ4v) is 3.63. The molecule has 2 rings (SSSR count). The zero-order valence-corrected chi connectivity index (χ0v) is 20.3. The van der Waals surface area contributed by atoms with Gasteiger partial charge in [-0.15, -0.1) is 0 Å². The van der Waals surface area contributed by atoms with Gasteiger partial charge >= 0.3 is 12.0 Å². The maximum atomic E-state index is 11.4. The van der Waals surface area contributed by atoms with Gasteiger partial charge in [0.05, 0.1) is 20.3 Å². The SMILES string of the molecule is C=Nc1c(N)nc(OCCCC)nc1N(CCCCN1CCN(CC(=O)OC)CC1)COC. The molecule has 0 bridgehead atoms. The first-order valence-electron chi connectivity index (χ1n) is 11.5. The van der Waals surface area contributed by atoms with Crippen LogP contribution in [0.4, 0.5) is 17.3 Å². The second-order valence-corrected chi connectivity index (χ2v) is 8.01. The van der Waals surface area contributed by atoms with E-state index in [4.69, 9.17) is 19.9 Å². The number of carbonyl (C=O) groups excluding carboxylic acids is 1. The fourth-order valence-electron chi connectivity index (χ4n) is 3.63. The molecule has 0 radical (unpaired) electrons. The van der Waals surface area contributed by atoms with Gasteiger partial charge in [-0.3, -0.25) is 14.7 Å². The van der Waals surface area contributed by atoms with Crippen molar-refractivity contribution in [2.45, 2.75) is 32.6 Å². The highest BCUT2D eigenvalue weighted by Gasteiger charge is 2.20. The predicted octanol–water partition coefficient (Wildman–Crippen LogP) is 1.55. The van der Waals surface area contributed by atoms with Crippen molar-refractivity contribution in [3.63, 3.8) is 0 Å². The predicted molar refractivity (Wildman–Crippen MR) is 129 cm³/mol. The standard InChI is InChI=1S/C22H39N7O4/c1-5-6-15-33-22-25-20(23)19(24-2)21(26-22)29(17-31-3)10-8-7-9-27-11-13-28(14-12-27)16-18(30)32-4/h2,5-17H2,1,3-4H3,(H2,23,25,26). The van der Waals surface area contributed by atoms with E-state index in [2.05, 4.69) is 38.4 Å². The first-order chi connectivity index (χ1) is 16.0. The number of anilines is 2. The maximum Gasteiger partial charge on any atom is 0.320 e. The zero-order valence-electron chi connectivity index (χ0n) is 20.3. The Morgan fingerprint density at radius 3 is 2.52 bits per heavy atom. The lowest BCUT2D eigenvalue weighted by molar-refractivity contribution is -0.142. The van der Waals surface area contributed by atoms with E-state index in [-0.39, 0.29) is 17.8 Å². The summed E-state index contributed by atoms with van der Waals surface area (Å²) in [7, 11) is 3.07. The molecule has 11 heteroatoms. The third-order valence-electron chi connectivity index (χ3n) is 5.54. The van der Waals surface area contributed by atoms with Gasteiger partial charge in [-0.05, 0) is 32.5 Å². The molecule has 1 fully saturated rings. The highest BCUT2D eigenvalue weighted by Crippen LogP contribution is 2.33. The van der Waals surface area contributed by atoms with Gasteiger partial charge in [0.2, 0.25) is 0 Å². The van der Waals surface area contributed by atoms with Crippen LogP contribution in [0.25, 0.3) is 0 Å². The third-order valence-corrected chi connectivity index (χ3v) is 5.54. The summed E-state index contributed by atoms with van der Waals surface area (Å²) < 4.78 is 15.8. The van der Waals surface area contributed by atoms with Gasteiger partial charge in [0.1, 0.15) is 12.4 Å². The van der Waals surface area contributed by atoms with Crippen molar-refractivity contribution in [1.82, 2.24) is 19.8 Å². The Balaban J connectivity index is 1.89. The van der Waals surface area contributed by atoms with Crippen LogP contribution in [0.15, 0.2) is 4.99 Å². The Morgan fingerprint density at radius 2 is 1.88 bits per heavy atom. The summed E-state index contributed by atoms with van der Waals surface area (Å²) in [6, 6.07) is 0.245. The summed E-state index contributed by atoms with van der Waals surface area (Å²) in [5, 5.41) is 0. The molecular weight excluding hydrogens is 426 g/mol. The topological polar surface area (TPSA) is 119 Å². The number of ether oxygens (including phenoxy) is 3. The minimum atomic E-state index is -0.181. The van der Waals surface area contributed by atoms with Crippen molar-refractivity contribution in [3.05, 3.63) is 0 Å². The van der Waals surface area contributed by atoms with Crippen molar-refractivity contribution < 1.29 is 19.0 Å². The first-order valence-corrected chi connectivity index (χ1v) is 11.5. The van der Waals surface area contributed by atoms with Crippen LogP contribution in [0.5, 0.6) is 6.01 Å². The lowest BCUT2D eigenvalue weighted by atomic mass is 10.2. The number of esters is 1. The van der Waals surface area contributed by atoms with Crippen LogP contribution in [0.3, 0.4) is 0 Å². The van der Waals surface area contributed by atoms with Crippen LogP contribution in [-0.2, 0) is 14.3 Å². The van der Waals surface area contributed by atoms with Crippen molar-refractivity contribution >= 4 is 30.0 Å². The van der Waals surface area contributed by atoms with Gasteiger partial charge < -0.3 is 29.7 Å². The molecule has 1 aliphatic heterocycles. The summed E-state index contributed by atoms with van der Waals surface area (Å²) in [5.74, 6) is 0.633. The van der Waals surface area contributed by atoms with Crippen LogP contribution in [-0.4, -0.2) is 106 Å². The van der Waals surface area contributed by atoms with Gasteiger partial charge in [-0.25, -0.2) is 0 Å². The minimum absolute atomic E-state index is 0.181. The molecule has 1 aliphatic rings. The summed E-state index contributed by atoms with van der Waals surface area (Å²) in [5.41, 5.74) is 6.54. The fraction of sp³-hybridized carbons (Fsp3) is 0.727. The van der Waals surface area contributed by atoms with E-state index in [0.29, 0.717) is 31.4 Å². The molecule has 33 heavy (non-hydrogen) atoms. The Morgan fingerprint density at radius 1 is 1.15 bits per heavy atom. The zero-order chi connectivity index (χ0) is 24.1. The molecule has 0 saturated carbocycles. The summed E-state index contributed by atoms with van der Waals surface area (Å²) >= 11 is 0. The van der Waals surface area contributed by atoms with Crippen LogP contribution in [0.2, 0.25) is 0 Å². The van der Waals surface area contributed by atoms with E-state index >= 15 is 0 Å². The quantitative estimate of drug-likeness (QED) is 0.177. The van der Waals surface area contributed by atoms with Gasteiger partial charge in [0, 0.05) is 39.8 Å². The Labute approximate surface area is 196 Å². The second-order valence-electron chi connectivity index (χ2n) is 8.01. The third kappa shape index (κ3) is 8.75. The lowest BCUT2D eigenvalue weighted by Gasteiger charge is -2.34. The normalized spacial score (nSPS) is 14.8. The number of rotatable bonds is 15. The van der Waals surface area contributed by atoms with Gasteiger partial charge in [0.15, 0.2) is 11.6 Å². The average Bonchev–Trinajstić information content (AvgIpc) is 2.82. The molecule has 0 aliphatic carbocycles. The second kappa shape index (κ2) is 14.6. The number of hydrogen-bond donors (Lipinski definition) is 1. The van der Waals surface area contributed by atoms with Crippen molar-refractivity contribution in [2.24, 2.45) is 4.99 Å². The summed E-state index contributed by atoms with van der Waals surface area (Å²) in [4.78, 5) is 30.8. The van der Waals surface area contributed by atoms with Crippen LogP contribution < -0.4 is 15.4 Å². The van der Waals surface area contributed by atoms with E-state index in [0.717, 1.165) is 65.0 Å². The van der Waals surface area contributed by atoms with Gasteiger partial charge in [-0.2, -0.15) is 9.97 Å². The Bertz CT molecular complexity index is 742. The molecule has 2 N–H and O–H groups in total. The smallest absolute Gasteiger partial charge is 0.320 e. The summed E-state index contributed by atoms with van der Waals surface area (Å²) in [6.45, 7) is 12.3. The first kappa shape index (κ1) is 26.7. The number of unbranched alkanes of at least 4 members (excludes halogenated alkanes) is 2. The molecule has 11 nitrogen and oxygen atoms in total. The molecule has 0 spiro atoms. The number of carbonyl (C=O) groups is 1. The molecule has 0 aromatic carbocycles. The van der Waals surface area contributed by atoms with E-state index < -0.39 is 0 Å². The minimum Gasteiger partial charge on any atom is -0.468 e. The van der Waals surface area contributed by atoms with Crippen LogP contribution in [0.1, 0.15) is 32.6 Å². The Kier molecular flexibility index (Phi) is 11.8. The number of piperazine rings is 1. The Hall–Kier alpha value is -2.50. The molecule has 186 valence electrons. The summed E-state index contributed by atoms with van der Waals surface area (Å²) in [6.07, 6.45) is 3.90. The largest absolute Gasteiger partial charge is 0.468 e. The molecule has 1 aromatic heterocycles. The van der Waals surface area contributed by atoms with Crippen LogP contribution in [0, 0.1) is 0 Å². The molecular formula is C22H39N7O4. The highest BCUT2D eigenvalue weighted by atomic mass is 16.5. The number of aromatic nitrogens is 2. The number of aliphatic imine (C=N–C) groups is 1. The number of hydrogen-bond acceptors (Lipinski definition) is 11. The van der Waals surface area contributed by atoms with E-state index in [1.54, 1.807) is 7.11 Å².